The summed E-state index contributed by atoms with van der Waals surface area (Å²) in [5.41, 5.74) is 8.48. The maximum Gasteiger partial charge on any atom is 0.0159 e. The van der Waals surface area contributed by atoms with Crippen molar-refractivity contribution in [3.8, 4) is 0 Å². The Hall–Kier alpha value is -0.0100. The second-order valence-electron chi connectivity index (χ2n) is 6.88. The Morgan fingerprint density at radius 1 is 1.24 bits per heavy atom. The van der Waals surface area contributed by atoms with Gasteiger partial charge in [-0.2, -0.15) is 0 Å². The second-order valence-corrected chi connectivity index (χ2v) is 6.88. The molecule has 0 aromatic heterocycles. The fourth-order valence-electron chi connectivity index (χ4n) is 4.22. The van der Waals surface area contributed by atoms with Crippen LogP contribution in [0, 0.1) is 17.3 Å². The standard InChI is InChI=1S/C15H27N.ClH/c1-11(2)12-6-9-14(3)7-5-8-15(4,16)13(14)10-12;/h12-13H,1,5-10,16H2,2-4H3;1H/t12-,13-,14-,15+;/m1./s1. The Morgan fingerprint density at radius 2 is 1.88 bits per heavy atom. The van der Waals surface area contributed by atoms with Crippen LogP contribution in [0.4, 0.5) is 0 Å². The molecule has 2 heteroatoms. The maximum absolute atomic E-state index is 6.55. The topological polar surface area (TPSA) is 26.0 Å². The van der Waals surface area contributed by atoms with Crippen LogP contribution in [-0.4, -0.2) is 5.54 Å². The van der Waals surface area contributed by atoms with Crippen molar-refractivity contribution >= 4 is 12.4 Å². The second kappa shape index (κ2) is 4.93. The molecular formula is C15H28ClN. The lowest BCUT2D eigenvalue weighted by molar-refractivity contribution is -0.00848. The summed E-state index contributed by atoms with van der Waals surface area (Å²) >= 11 is 0. The molecule has 2 fully saturated rings. The molecule has 1 nitrogen and oxygen atoms in total. The number of halogens is 1. The van der Waals surface area contributed by atoms with Gasteiger partial charge in [-0.05, 0) is 63.2 Å². The minimum Gasteiger partial charge on any atom is -0.325 e. The van der Waals surface area contributed by atoms with Gasteiger partial charge in [-0.1, -0.05) is 25.5 Å². The van der Waals surface area contributed by atoms with Crippen molar-refractivity contribution in [1.82, 2.24) is 0 Å². The smallest absolute Gasteiger partial charge is 0.0159 e. The zero-order chi connectivity index (χ0) is 12.0. The van der Waals surface area contributed by atoms with Gasteiger partial charge >= 0.3 is 0 Å². The summed E-state index contributed by atoms with van der Waals surface area (Å²) in [6.07, 6.45) is 7.86. The summed E-state index contributed by atoms with van der Waals surface area (Å²) in [5, 5.41) is 0. The van der Waals surface area contributed by atoms with Crippen molar-refractivity contribution in [3.63, 3.8) is 0 Å². The van der Waals surface area contributed by atoms with Crippen molar-refractivity contribution in [2.75, 3.05) is 0 Å². The lowest BCUT2D eigenvalue weighted by Gasteiger charge is -2.55. The normalized spacial score (nSPS) is 45.6. The molecule has 2 rings (SSSR count). The van der Waals surface area contributed by atoms with E-state index in [2.05, 4.69) is 27.4 Å². The van der Waals surface area contributed by atoms with E-state index >= 15 is 0 Å². The Morgan fingerprint density at radius 3 is 2.47 bits per heavy atom. The molecule has 17 heavy (non-hydrogen) atoms. The Labute approximate surface area is 113 Å². The van der Waals surface area contributed by atoms with Crippen LogP contribution in [0.3, 0.4) is 0 Å². The fourth-order valence-corrected chi connectivity index (χ4v) is 4.22. The summed E-state index contributed by atoms with van der Waals surface area (Å²) < 4.78 is 0. The summed E-state index contributed by atoms with van der Waals surface area (Å²) in [6.45, 7) is 11.1. The van der Waals surface area contributed by atoms with Crippen LogP contribution in [0.15, 0.2) is 12.2 Å². The Kier molecular flexibility index (Phi) is 4.37. The fraction of sp³-hybridized carbons (Fsp3) is 0.867. The molecule has 0 saturated heterocycles. The van der Waals surface area contributed by atoms with Crippen molar-refractivity contribution in [1.29, 1.82) is 0 Å². The minimum atomic E-state index is 0. The summed E-state index contributed by atoms with van der Waals surface area (Å²) in [7, 11) is 0. The summed E-state index contributed by atoms with van der Waals surface area (Å²) in [5.74, 6) is 1.42. The van der Waals surface area contributed by atoms with Gasteiger partial charge < -0.3 is 5.73 Å². The highest BCUT2D eigenvalue weighted by molar-refractivity contribution is 5.85. The Bertz CT molecular complexity index is 297. The first-order valence-corrected chi connectivity index (χ1v) is 6.79. The molecule has 4 atom stereocenters. The Balaban J connectivity index is 0.00000144. The van der Waals surface area contributed by atoms with Gasteiger partial charge in [0.1, 0.15) is 0 Å². The number of hydrogen-bond donors (Lipinski definition) is 1. The average molecular weight is 258 g/mol. The first-order chi connectivity index (χ1) is 7.35. The van der Waals surface area contributed by atoms with Gasteiger partial charge in [0, 0.05) is 5.54 Å². The highest BCUT2D eigenvalue weighted by Gasteiger charge is 2.49. The van der Waals surface area contributed by atoms with Gasteiger partial charge in [-0.25, -0.2) is 0 Å². The molecule has 0 aromatic carbocycles. The number of nitrogens with two attached hydrogens (primary N) is 1. The highest BCUT2D eigenvalue weighted by Crippen LogP contribution is 2.55. The molecule has 0 radical (unpaired) electrons. The van der Waals surface area contributed by atoms with E-state index in [1.807, 2.05) is 0 Å². The van der Waals surface area contributed by atoms with E-state index in [4.69, 9.17) is 5.73 Å². The number of rotatable bonds is 1. The SMILES string of the molecule is C=C(C)[C@@H]1CC[C@@]2(C)CCC[C@](C)(N)[C@@H]2C1.Cl. The van der Waals surface area contributed by atoms with Gasteiger partial charge in [-0.3, -0.25) is 0 Å². The molecule has 0 aliphatic heterocycles. The third kappa shape index (κ3) is 2.71. The molecule has 2 aliphatic rings. The van der Waals surface area contributed by atoms with E-state index in [1.54, 1.807) is 0 Å². The van der Waals surface area contributed by atoms with Crippen molar-refractivity contribution in [2.45, 2.75) is 64.8 Å². The summed E-state index contributed by atoms with van der Waals surface area (Å²) in [4.78, 5) is 0. The van der Waals surface area contributed by atoms with E-state index in [-0.39, 0.29) is 17.9 Å². The molecular weight excluding hydrogens is 230 g/mol. The predicted molar refractivity (Wildman–Crippen MR) is 77.4 cm³/mol. The van der Waals surface area contributed by atoms with Crippen LogP contribution in [0.5, 0.6) is 0 Å². The maximum atomic E-state index is 6.55. The quantitative estimate of drug-likeness (QED) is 0.696. The largest absolute Gasteiger partial charge is 0.325 e. The van der Waals surface area contributed by atoms with E-state index in [0.29, 0.717) is 11.3 Å². The molecule has 0 heterocycles. The van der Waals surface area contributed by atoms with Gasteiger partial charge in [-0.15, -0.1) is 12.4 Å². The highest BCUT2D eigenvalue weighted by atomic mass is 35.5. The van der Waals surface area contributed by atoms with Crippen molar-refractivity contribution < 1.29 is 0 Å². The molecule has 2 N–H and O–H groups in total. The van der Waals surface area contributed by atoms with Crippen molar-refractivity contribution in [3.05, 3.63) is 12.2 Å². The van der Waals surface area contributed by atoms with Gasteiger partial charge in [0.05, 0.1) is 0 Å². The lowest BCUT2D eigenvalue weighted by atomic mass is 9.52. The third-order valence-corrected chi connectivity index (χ3v) is 5.38. The number of fused-ring (bicyclic) bond motifs is 1. The minimum absolute atomic E-state index is 0. The summed E-state index contributed by atoms with van der Waals surface area (Å²) in [6, 6.07) is 0. The first-order valence-electron chi connectivity index (χ1n) is 6.79. The van der Waals surface area contributed by atoms with E-state index in [0.717, 1.165) is 5.92 Å². The van der Waals surface area contributed by atoms with Gasteiger partial charge in [0.25, 0.3) is 0 Å². The van der Waals surface area contributed by atoms with Gasteiger partial charge in [0.2, 0.25) is 0 Å². The van der Waals surface area contributed by atoms with Crippen LogP contribution in [0.1, 0.15) is 59.3 Å². The van der Waals surface area contributed by atoms with Crippen molar-refractivity contribution in [2.24, 2.45) is 23.0 Å². The number of hydrogen-bond acceptors (Lipinski definition) is 1. The molecule has 100 valence electrons. The van der Waals surface area contributed by atoms with Crippen LogP contribution in [0.2, 0.25) is 0 Å². The molecule has 0 aromatic rings. The van der Waals surface area contributed by atoms with Crippen LogP contribution >= 0.6 is 12.4 Å². The van der Waals surface area contributed by atoms with E-state index < -0.39 is 0 Å². The zero-order valence-electron chi connectivity index (χ0n) is 11.6. The first kappa shape index (κ1) is 15.0. The van der Waals surface area contributed by atoms with Crippen LogP contribution in [-0.2, 0) is 0 Å². The van der Waals surface area contributed by atoms with E-state index in [9.17, 15) is 0 Å². The average Bonchev–Trinajstić information content (AvgIpc) is 2.15. The predicted octanol–water partition coefficient (Wildman–Crippen LogP) is 4.31. The number of allylic oxidation sites excluding steroid dienone is 1. The molecule has 2 saturated carbocycles. The molecule has 0 amide bonds. The molecule has 0 bridgehead atoms. The molecule has 0 spiro atoms. The zero-order valence-corrected chi connectivity index (χ0v) is 12.4. The third-order valence-electron chi connectivity index (χ3n) is 5.38. The van der Waals surface area contributed by atoms with Gasteiger partial charge in [0.15, 0.2) is 0 Å². The molecule has 0 unspecified atom stereocenters. The van der Waals surface area contributed by atoms with Crippen LogP contribution < -0.4 is 5.73 Å². The monoisotopic (exact) mass is 257 g/mol. The lowest BCUT2D eigenvalue weighted by Crippen LogP contribution is -2.56. The van der Waals surface area contributed by atoms with Crippen LogP contribution in [0.25, 0.3) is 0 Å². The molecule has 2 aliphatic carbocycles. The van der Waals surface area contributed by atoms with E-state index in [1.165, 1.54) is 44.1 Å².